The maximum absolute atomic E-state index is 13.4. The molecule has 0 aliphatic heterocycles. The van der Waals surface area contributed by atoms with E-state index in [0.29, 0.717) is 11.4 Å². The zero-order valence-corrected chi connectivity index (χ0v) is 11.8. The molecule has 1 aromatic carbocycles. The zero-order valence-electron chi connectivity index (χ0n) is 11.1. The van der Waals surface area contributed by atoms with Gasteiger partial charge in [0.05, 0.1) is 29.1 Å². The number of nitro groups is 1. The number of hydrogen-bond donors (Lipinski definition) is 0. The molecule has 0 spiro atoms. The van der Waals surface area contributed by atoms with E-state index in [0.717, 1.165) is 23.0 Å². The molecule has 0 saturated carbocycles. The fourth-order valence-electron chi connectivity index (χ4n) is 2.08. The molecule has 0 bridgehead atoms. The molecule has 2 rings (SSSR count). The summed E-state index contributed by atoms with van der Waals surface area (Å²) in [6.07, 6.45) is 0. The fraction of sp³-hybridized carbons (Fsp3) is 0.308. The summed E-state index contributed by atoms with van der Waals surface area (Å²) >= 11 is 5.84. The predicted octanol–water partition coefficient (Wildman–Crippen LogP) is 3.33. The summed E-state index contributed by atoms with van der Waals surface area (Å²) in [5.41, 5.74) is 2.84. The van der Waals surface area contributed by atoms with Crippen LogP contribution in [0.4, 0.5) is 10.1 Å². The van der Waals surface area contributed by atoms with Gasteiger partial charge in [0.1, 0.15) is 5.82 Å². The number of aryl methyl sites for hydroxylation is 1. The topological polar surface area (TPSA) is 61.0 Å². The second-order valence-corrected chi connectivity index (χ2v) is 4.78. The Balaban J connectivity index is 2.37. The number of aromatic nitrogens is 2. The SMILES string of the molecule is Cc1nn(Cc2cc(F)cc([N+](=O)[O-])c2)c(C)c1CCl. The number of rotatable bonds is 4. The van der Waals surface area contributed by atoms with E-state index < -0.39 is 10.7 Å². The van der Waals surface area contributed by atoms with E-state index in [1.54, 1.807) is 4.68 Å². The second-order valence-electron chi connectivity index (χ2n) is 4.52. The lowest BCUT2D eigenvalue weighted by atomic mass is 10.2. The van der Waals surface area contributed by atoms with E-state index in [2.05, 4.69) is 5.10 Å². The largest absolute Gasteiger partial charge is 0.272 e. The van der Waals surface area contributed by atoms with Gasteiger partial charge in [-0.1, -0.05) is 0 Å². The molecular formula is C13H13ClFN3O2. The lowest BCUT2D eigenvalue weighted by Gasteiger charge is -2.05. The minimum atomic E-state index is -0.631. The smallest absolute Gasteiger partial charge is 0.265 e. The van der Waals surface area contributed by atoms with Crippen molar-refractivity contribution in [1.29, 1.82) is 0 Å². The number of nitro benzene ring substituents is 1. The van der Waals surface area contributed by atoms with Crippen LogP contribution in [0.5, 0.6) is 0 Å². The molecule has 5 nitrogen and oxygen atoms in total. The molecule has 0 atom stereocenters. The molecule has 2 aromatic rings. The number of nitrogens with zero attached hydrogens (tertiary/aromatic N) is 3. The summed E-state index contributed by atoms with van der Waals surface area (Å²) in [6, 6.07) is 3.51. The Bertz CT molecular complexity index is 670. The molecule has 0 unspecified atom stereocenters. The monoisotopic (exact) mass is 297 g/mol. The molecule has 0 aliphatic rings. The summed E-state index contributed by atoms with van der Waals surface area (Å²) < 4.78 is 15.1. The Morgan fingerprint density at radius 2 is 2.10 bits per heavy atom. The van der Waals surface area contributed by atoms with Crippen molar-refractivity contribution in [2.45, 2.75) is 26.3 Å². The van der Waals surface area contributed by atoms with Crippen LogP contribution < -0.4 is 0 Å². The Morgan fingerprint density at radius 3 is 2.65 bits per heavy atom. The predicted molar refractivity (Wildman–Crippen MR) is 73.4 cm³/mol. The fourth-order valence-corrected chi connectivity index (χ4v) is 2.47. The molecule has 0 radical (unpaired) electrons. The van der Waals surface area contributed by atoms with Crippen LogP contribution in [0.15, 0.2) is 18.2 Å². The highest BCUT2D eigenvalue weighted by molar-refractivity contribution is 6.17. The third-order valence-corrected chi connectivity index (χ3v) is 3.42. The normalized spacial score (nSPS) is 10.8. The third kappa shape index (κ3) is 2.80. The lowest BCUT2D eigenvalue weighted by Crippen LogP contribution is -2.05. The number of benzene rings is 1. The molecule has 106 valence electrons. The Labute approximate surface area is 120 Å². The highest BCUT2D eigenvalue weighted by Crippen LogP contribution is 2.20. The van der Waals surface area contributed by atoms with Crippen LogP contribution in [0.3, 0.4) is 0 Å². The van der Waals surface area contributed by atoms with Crippen LogP contribution in [0.25, 0.3) is 0 Å². The van der Waals surface area contributed by atoms with Gasteiger partial charge in [-0.25, -0.2) is 4.39 Å². The second kappa shape index (κ2) is 5.58. The van der Waals surface area contributed by atoms with Crippen molar-refractivity contribution in [2.24, 2.45) is 0 Å². The van der Waals surface area contributed by atoms with Crippen molar-refractivity contribution in [1.82, 2.24) is 9.78 Å². The van der Waals surface area contributed by atoms with Gasteiger partial charge in [-0.2, -0.15) is 5.10 Å². The van der Waals surface area contributed by atoms with Crippen LogP contribution in [0, 0.1) is 29.8 Å². The quantitative estimate of drug-likeness (QED) is 0.494. The van der Waals surface area contributed by atoms with E-state index in [-0.39, 0.29) is 12.2 Å². The summed E-state index contributed by atoms with van der Waals surface area (Å²) in [6.45, 7) is 3.98. The van der Waals surface area contributed by atoms with Gasteiger partial charge < -0.3 is 0 Å². The first-order chi connectivity index (χ1) is 9.42. The summed E-state index contributed by atoms with van der Waals surface area (Å²) in [5.74, 6) is -0.283. The first-order valence-electron chi connectivity index (χ1n) is 5.95. The Hall–Kier alpha value is -1.95. The Morgan fingerprint density at radius 1 is 1.40 bits per heavy atom. The molecule has 0 fully saturated rings. The van der Waals surface area contributed by atoms with Crippen LogP contribution in [-0.4, -0.2) is 14.7 Å². The van der Waals surface area contributed by atoms with Gasteiger partial charge in [-0.15, -0.1) is 11.6 Å². The van der Waals surface area contributed by atoms with E-state index in [9.17, 15) is 14.5 Å². The van der Waals surface area contributed by atoms with E-state index in [1.807, 2.05) is 13.8 Å². The van der Waals surface area contributed by atoms with Gasteiger partial charge in [-0.05, 0) is 25.5 Å². The molecule has 7 heteroatoms. The summed E-state index contributed by atoms with van der Waals surface area (Å²) in [7, 11) is 0. The van der Waals surface area contributed by atoms with Crippen molar-refractivity contribution in [3.63, 3.8) is 0 Å². The first-order valence-corrected chi connectivity index (χ1v) is 6.48. The molecule has 0 N–H and O–H groups in total. The summed E-state index contributed by atoms with van der Waals surface area (Å²) in [5, 5.41) is 15.0. The highest BCUT2D eigenvalue weighted by Gasteiger charge is 2.14. The van der Waals surface area contributed by atoms with Gasteiger partial charge in [0.2, 0.25) is 0 Å². The van der Waals surface area contributed by atoms with Crippen LogP contribution in [0.1, 0.15) is 22.5 Å². The number of alkyl halides is 1. The molecule has 0 aliphatic carbocycles. The van der Waals surface area contributed by atoms with Crippen molar-refractivity contribution in [3.05, 3.63) is 56.6 Å². The van der Waals surface area contributed by atoms with Gasteiger partial charge in [0.15, 0.2) is 0 Å². The first kappa shape index (κ1) is 14.5. The lowest BCUT2D eigenvalue weighted by molar-refractivity contribution is -0.385. The maximum atomic E-state index is 13.4. The Kier molecular flexibility index (Phi) is 4.04. The highest BCUT2D eigenvalue weighted by atomic mass is 35.5. The van der Waals surface area contributed by atoms with Crippen LogP contribution >= 0.6 is 11.6 Å². The molecule has 0 saturated heterocycles. The van der Waals surface area contributed by atoms with Gasteiger partial charge in [0.25, 0.3) is 5.69 Å². The molecule has 0 amide bonds. The van der Waals surface area contributed by atoms with Crippen LogP contribution in [0.2, 0.25) is 0 Å². The van der Waals surface area contributed by atoms with Gasteiger partial charge in [0, 0.05) is 17.3 Å². The van der Waals surface area contributed by atoms with Crippen molar-refractivity contribution < 1.29 is 9.31 Å². The van der Waals surface area contributed by atoms with E-state index in [4.69, 9.17) is 11.6 Å². The van der Waals surface area contributed by atoms with Gasteiger partial charge >= 0.3 is 0 Å². The molecule has 1 aromatic heterocycles. The van der Waals surface area contributed by atoms with E-state index >= 15 is 0 Å². The molecule has 20 heavy (non-hydrogen) atoms. The minimum Gasteiger partial charge on any atom is -0.265 e. The third-order valence-electron chi connectivity index (χ3n) is 3.15. The summed E-state index contributed by atoms with van der Waals surface area (Å²) in [4.78, 5) is 10.1. The standard InChI is InChI=1S/C13H13ClFN3O2/c1-8-13(6-14)9(2)17(16-8)7-10-3-11(15)5-12(4-10)18(19)20/h3-5H,6-7H2,1-2H3. The number of hydrogen-bond acceptors (Lipinski definition) is 3. The van der Waals surface area contributed by atoms with Crippen molar-refractivity contribution >= 4 is 17.3 Å². The molecule has 1 heterocycles. The van der Waals surface area contributed by atoms with E-state index in [1.165, 1.54) is 12.1 Å². The average molecular weight is 298 g/mol. The minimum absolute atomic E-state index is 0.265. The number of non-ortho nitro benzene ring substituents is 1. The average Bonchev–Trinajstić information content (AvgIpc) is 2.63. The van der Waals surface area contributed by atoms with Crippen LogP contribution in [-0.2, 0) is 12.4 Å². The number of halogens is 2. The maximum Gasteiger partial charge on any atom is 0.272 e. The van der Waals surface area contributed by atoms with Gasteiger partial charge in [-0.3, -0.25) is 14.8 Å². The van der Waals surface area contributed by atoms with Crippen molar-refractivity contribution in [3.8, 4) is 0 Å². The molecular weight excluding hydrogens is 285 g/mol. The zero-order chi connectivity index (χ0) is 14.9. The van der Waals surface area contributed by atoms with Crippen molar-refractivity contribution in [2.75, 3.05) is 0 Å².